The van der Waals surface area contributed by atoms with Crippen molar-refractivity contribution < 1.29 is 19.4 Å². The third kappa shape index (κ3) is 4.31. The van der Waals surface area contributed by atoms with Crippen LogP contribution < -0.4 is 10.7 Å². The number of aromatic nitrogens is 1. The Labute approximate surface area is 161 Å². The number of benzene rings is 2. The number of ether oxygens (including phenoxy) is 1. The SMILES string of the molecule is CC(C)(C)OC(=O)N[C@@H](Cc1ccc2[nH]c3ccccc3c(=O)c2c1)C(=O)O. The van der Waals surface area contributed by atoms with Gasteiger partial charge in [0.15, 0.2) is 5.43 Å². The Balaban J connectivity index is 1.90. The number of alkyl carbamates (subject to hydrolysis) is 1. The molecule has 3 N–H and O–H groups in total. The summed E-state index contributed by atoms with van der Waals surface area (Å²) in [5.41, 5.74) is 1.17. The number of carbonyl (C=O) groups excluding carboxylic acids is 1. The molecule has 146 valence electrons. The first-order valence-corrected chi connectivity index (χ1v) is 8.90. The number of hydrogen-bond acceptors (Lipinski definition) is 4. The van der Waals surface area contributed by atoms with Gasteiger partial charge in [-0.3, -0.25) is 4.79 Å². The first-order chi connectivity index (χ1) is 13.1. The van der Waals surface area contributed by atoms with Crippen molar-refractivity contribution in [3.8, 4) is 0 Å². The lowest BCUT2D eigenvalue weighted by molar-refractivity contribution is -0.139. The van der Waals surface area contributed by atoms with E-state index in [0.717, 1.165) is 5.52 Å². The molecule has 3 rings (SSSR count). The first kappa shape index (κ1) is 19.4. The van der Waals surface area contributed by atoms with E-state index in [1.165, 1.54) is 0 Å². The molecule has 0 unspecified atom stereocenters. The Morgan fingerprint density at radius 1 is 1.11 bits per heavy atom. The van der Waals surface area contributed by atoms with Crippen LogP contribution in [0.25, 0.3) is 21.8 Å². The quantitative estimate of drug-likeness (QED) is 0.601. The van der Waals surface area contributed by atoms with E-state index >= 15 is 0 Å². The monoisotopic (exact) mass is 382 g/mol. The number of aliphatic carboxylic acids is 1. The van der Waals surface area contributed by atoms with E-state index in [4.69, 9.17) is 4.74 Å². The molecule has 28 heavy (non-hydrogen) atoms. The lowest BCUT2D eigenvalue weighted by atomic mass is 10.0. The molecule has 1 aromatic heterocycles. The first-order valence-electron chi connectivity index (χ1n) is 8.90. The van der Waals surface area contributed by atoms with Crippen molar-refractivity contribution in [2.24, 2.45) is 0 Å². The van der Waals surface area contributed by atoms with Gasteiger partial charge in [-0.15, -0.1) is 0 Å². The van der Waals surface area contributed by atoms with E-state index in [-0.39, 0.29) is 11.8 Å². The van der Waals surface area contributed by atoms with Crippen LogP contribution in [0.3, 0.4) is 0 Å². The van der Waals surface area contributed by atoms with Gasteiger partial charge in [-0.1, -0.05) is 18.2 Å². The highest BCUT2D eigenvalue weighted by molar-refractivity contribution is 5.92. The molecule has 3 aromatic rings. The number of amides is 1. The van der Waals surface area contributed by atoms with Crippen LogP contribution in [0.15, 0.2) is 47.3 Å². The summed E-state index contributed by atoms with van der Waals surface area (Å²) in [7, 11) is 0. The maximum atomic E-state index is 12.8. The van der Waals surface area contributed by atoms with E-state index in [1.54, 1.807) is 51.1 Å². The number of rotatable bonds is 4. The molecule has 0 fully saturated rings. The van der Waals surface area contributed by atoms with E-state index < -0.39 is 23.7 Å². The Morgan fingerprint density at radius 2 is 1.79 bits per heavy atom. The highest BCUT2D eigenvalue weighted by Gasteiger charge is 2.24. The predicted molar refractivity (Wildman–Crippen MR) is 107 cm³/mol. The van der Waals surface area contributed by atoms with Crippen LogP contribution in [-0.2, 0) is 16.0 Å². The van der Waals surface area contributed by atoms with Gasteiger partial charge >= 0.3 is 12.1 Å². The van der Waals surface area contributed by atoms with E-state index in [1.807, 2.05) is 12.1 Å². The molecule has 0 spiro atoms. The molecular formula is C21H22N2O5. The molecule has 0 saturated carbocycles. The van der Waals surface area contributed by atoms with Crippen molar-refractivity contribution >= 4 is 33.9 Å². The van der Waals surface area contributed by atoms with Gasteiger partial charge in [-0.2, -0.15) is 0 Å². The van der Waals surface area contributed by atoms with Gasteiger partial charge in [0, 0.05) is 28.2 Å². The summed E-state index contributed by atoms with van der Waals surface area (Å²) in [5.74, 6) is -1.18. The second kappa shape index (κ2) is 7.34. The van der Waals surface area contributed by atoms with Gasteiger partial charge < -0.3 is 20.1 Å². The van der Waals surface area contributed by atoms with Crippen molar-refractivity contribution in [3.63, 3.8) is 0 Å². The fraction of sp³-hybridized carbons (Fsp3) is 0.286. The average Bonchev–Trinajstić information content (AvgIpc) is 2.60. The third-order valence-electron chi connectivity index (χ3n) is 4.20. The summed E-state index contributed by atoms with van der Waals surface area (Å²) in [4.78, 5) is 39.5. The van der Waals surface area contributed by atoms with Crippen LogP contribution in [-0.4, -0.2) is 33.8 Å². The Hall–Kier alpha value is -3.35. The van der Waals surface area contributed by atoms with Gasteiger partial charge in [0.2, 0.25) is 0 Å². The van der Waals surface area contributed by atoms with E-state index in [9.17, 15) is 19.5 Å². The van der Waals surface area contributed by atoms with Crippen molar-refractivity contribution in [3.05, 3.63) is 58.3 Å². The van der Waals surface area contributed by atoms with Crippen LogP contribution in [0.1, 0.15) is 26.3 Å². The second-order valence-electron chi connectivity index (χ2n) is 7.62. The topological polar surface area (TPSA) is 108 Å². The number of pyridine rings is 1. The van der Waals surface area contributed by atoms with E-state index in [0.29, 0.717) is 21.9 Å². The predicted octanol–water partition coefficient (Wildman–Crippen LogP) is 3.20. The molecule has 7 nitrogen and oxygen atoms in total. The number of aromatic amines is 1. The van der Waals surface area contributed by atoms with Crippen molar-refractivity contribution in [1.29, 1.82) is 0 Å². The minimum atomic E-state index is -1.18. The Morgan fingerprint density at radius 3 is 2.46 bits per heavy atom. The molecule has 7 heteroatoms. The molecule has 1 amide bonds. The maximum Gasteiger partial charge on any atom is 0.408 e. The van der Waals surface area contributed by atoms with Gasteiger partial charge in [0.25, 0.3) is 0 Å². The fourth-order valence-corrected chi connectivity index (χ4v) is 2.98. The van der Waals surface area contributed by atoms with Crippen LogP contribution in [0.5, 0.6) is 0 Å². The molecule has 0 aliphatic rings. The number of carbonyl (C=O) groups is 2. The summed E-state index contributed by atoms with van der Waals surface area (Å²) in [6.45, 7) is 5.09. The lowest BCUT2D eigenvalue weighted by Gasteiger charge is -2.22. The molecule has 1 heterocycles. The number of carboxylic acids is 1. The summed E-state index contributed by atoms with van der Waals surface area (Å²) in [6, 6.07) is 11.2. The van der Waals surface area contributed by atoms with Gasteiger partial charge in [0.05, 0.1) is 0 Å². The third-order valence-corrected chi connectivity index (χ3v) is 4.20. The van der Waals surface area contributed by atoms with E-state index in [2.05, 4.69) is 10.3 Å². The highest BCUT2D eigenvalue weighted by Crippen LogP contribution is 2.17. The number of nitrogens with one attached hydrogen (secondary N) is 2. The Bertz CT molecular complexity index is 1110. The van der Waals surface area contributed by atoms with Crippen LogP contribution >= 0.6 is 0 Å². The number of carboxylic acid groups (broad SMARTS) is 1. The van der Waals surface area contributed by atoms with Gasteiger partial charge in [-0.25, -0.2) is 9.59 Å². The van der Waals surface area contributed by atoms with Gasteiger partial charge in [-0.05, 0) is 50.6 Å². The summed E-state index contributed by atoms with van der Waals surface area (Å²) >= 11 is 0. The fourth-order valence-electron chi connectivity index (χ4n) is 2.98. The maximum absolute atomic E-state index is 12.8. The molecule has 0 aliphatic heterocycles. The van der Waals surface area contributed by atoms with Crippen molar-refractivity contribution in [2.45, 2.75) is 38.8 Å². The Kier molecular flexibility index (Phi) is 5.09. The average molecular weight is 382 g/mol. The minimum absolute atomic E-state index is 0.0246. The van der Waals surface area contributed by atoms with Gasteiger partial charge in [0.1, 0.15) is 11.6 Å². The number of hydrogen-bond donors (Lipinski definition) is 3. The van der Waals surface area contributed by atoms with Crippen LogP contribution in [0.2, 0.25) is 0 Å². The normalized spacial score (nSPS) is 12.7. The lowest BCUT2D eigenvalue weighted by Crippen LogP contribution is -2.44. The summed E-state index contributed by atoms with van der Waals surface area (Å²) in [6.07, 6.45) is -0.777. The zero-order chi connectivity index (χ0) is 20.5. The van der Waals surface area contributed by atoms with Crippen LogP contribution in [0, 0.1) is 0 Å². The van der Waals surface area contributed by atoms with Crippen molar-refractivity contribution in [1.82, 2.24) is 10.3 Å². The molecule has 2 aromatic carbocycles. The molecule has 1 atom stereocenters. The molecular weight excluding hydrogens is 360 g/mol. The molecule has 0 saturated heterocycles. The zero-order valence-corrected chi connectivity index (χ0v) is 15.9. The number of fused-ring (bicyclic) bond motifs is 2. The van der Waals surface area contributed by atoms with Crippen LogP contribution in [0.4, 0.5) is 4.79 Å². The zero-order valence-electron chi connectivity index (χ0n) is 15.9. The molecule has 0 bridgehead atoms. The molecule has 0 aliphatic carbocycles. The highest BCUT2D eigenvalue weighted by atomic mass is 16.6. The smallest absolute Gasteiger partial charge is 0.408 e. The number of para-hydroxylation sites is 1. The largest absolute Gasteiger partial charge is 0.480 e. The standard InChI is InChI=1S/C21H22N2O5/c1-21(2,3)28-20(27)23-17(19(25)26)11-12-8-9-16-14(10-12)18(24)13-6-4-5-7-15(13)22-16/h4-10,17H,11H2,1-3H3,(H,22,24)(H,23,27)(H,25,26)/t17-/m0/s1. The summed E-state index contributed by atoms with van der Waals surface area (Å²) < 4.78 is 5.13. The number of H-pyrrole nitrogens is 1. The summed E-state index contributed by atoms with van der Waals surface area (Å²) in [5, 5.41) is 12.9. The van der Waals surface area contributed by atoms with Crippen molar-refractivity contribution in [2.75, 3.05) is 0 Å². The minimum Gasteiger partial charge on any atom is -0.480 e. The second-order valence-corrected chi connectivity index (χ2v) is 7.62. The molecule has 0 radical (unpaired) electrons.